The number of amides is 1. The summed E-state index contributed by atoms with van der Waals surface area (Å²) in [6.45, 7) is 1.89. The standard InChI is InChI=1S/C11H13N3O/c1-7-10(11(15)14-12-2)8-5-3-4-6-9(8)13-7/h3-6,12-13H,1-2H3,(H,14,15). The minimum atomic E-state index is -0.118. The molecule has 0 aliphatic rings. The van der Waals surface area contributed by atoms with Gasteiger partial charge in [0.25, 0.3) is 5.91 Å². The van der Waals surface area contributed by atoms with E-state index in [4.69, 9.17) is 0 Å². The summed E-state index contributed by atoms with van der Waals surface area (Å²) in [6, 6.07) is 7.76. The van der Waals surface area contributed by atoms with Gasteiger partial charge in [0.1, 0.15) is 0 Å². The number of aromatic amines is 1. The highest BCUT2D eigenvalue weighted by Crippen LogP contribution is 2.21. The first-order valence-corrected chi connectivity index (χ1v) is 4.78. The van der Waals surface area contributed by atoms with E-state index in [0.29, 0.717) is 5.56 Å². The van der Waals surface area contributed by atoms with Crippen molar-refractivity contribution in [2.45, 2.75) is 6.92 Å². The zero-order chi connectivity index (χ0) is 10.8. The minimum Gasteiger partial charge on any atom is -0.358 e. The van der Waals surface area contributed by atoms with Crippen molar-refractivity contribution in [1.29, 1.82) is 0 Å². The second-order valence-electron chi connectivity index (χ2n) is 3.37. The molecule has 0 radical (unpaired) electrons. The van der Waals surface area contributed by atoms with Gasteiger partial charge in [0.2, 0.25) is 0 Å². The van der Waals surface area contributed by atoms with E-state index in [1.54, 1.807) is 7.05 Å². The van der Waals surface area contributed by atoms with Gasteiger partial charge in [-0.25, -0.2) is 5.43 Å². The lowest BCUT2D eigenvalue weighted by Gasteiger charge is -2.02. The zero-order valence-corrected chi connectivity index (χ0v) is 8.72. The van der Waals surface area contributed by atoms with Crippen molar-refractivity contribution in [2.75, 3.05) is 7.05 Å². The maximum Gasteiger partial charge on any atom is 0.267 e. The van der Waals surface area contributed by atoms with Crippen LogP contribution in [0.5, 0.6) is 0 Å². The maximum atomic E-state index is 11.7. The highest BCUT2D eigenvalue weighted by atomic mass is 16.2. The highest BCUT2D eigenvalue weighted by molar-refractivity contribution is 6.07. The Morgan fingerprint density at radius 3 is 2.80 bits per heavy atom. The lowest BCUT2D eigenvalue weighted by molar-refractivity contribution is 0.0939. The molecule has 4 nitrogen and oxygen atoms in total. The first kappa shape index (κ1) is 9.73. The number of hydrazine groups is 1. The molecule has 0 aliphatic heterocycles. The number of fused-ring (bicyclic) bond motifs is 1. The number of carbonyl (C=O) groups excluding carboxylic acids is 1. The van der Waals surface area contributed by atoms with Gasteiger partial charge in [0.05, 0.1) is 5.56 Å². The van der Waals surface area contributed by atoms with Crippen LogP contribution >= 0.6 is 0 Å². The zero-order valence-electron chi connectivity index (χ0n) is 8.72. The number of rotatable bonds is 2. The van der Waals surface area contributed by atoms with Crippen molar-refractivity contribution in [2.24, 2.45) is 0 Å². The molecule has 15 heavy (non-hydrogen) atoms. The van der Waals surface area contributed by atoms with Crippen LogP contribution in [0.2, 0.25) is 0 Å². The molecule has 4 heteroatoms. The molecule has 0 unspecified atom stereocenters. The van der Waals surface area contributed by atoms with E-state index in [-0.39, 0.29) is 5.91 Å². The predicted molar refractivity (Wildman–Crippen MR) is 59.6 cm³/mol. The summed E-state index contributed by atoms with van der Waals surface area (Å²) in [7, 11) is 1.67. The number of aryl methyl sites for hydroxylation is 1. The van der Waals surface area contributed by atoms with Gasteiger partial charge in [-0.3, -0.25) is 10.2 Å². The summed E-state index contributed by atoms with van der Waals surface area (Å²) < 4.78 is 0. The Hall–Kier alpha value is -1.81. The molecule has 1 heterocycles. The Balaban J connectivity index is 2.58. The lowest BCUT2D eigenvalue weighted by atomic mass is 10.1. The Labute approximate surface area is 87.6 Å². The van der Waals surface area contributed by atoms with Crippen molar-refractivity contribution in [3.63, 3.8) is 0 Å². The Morgan fingerprint density at radius 2 is 2.07 bits per heavy atom. The van der Waals surface area contributed by atoms with Gasteiger partial charge >= 0.3 is 0 Å². The summed E-state index contributed by atoms with van der Waals surface area (Å²) in [5.41, 5.74) is 7.76. The number of aromatic nitrogens is 1. The van der Waals surface area contributed by atoms with Gasteiger partial charge < -0.3 is 4.98 Å². The van der Waals surface area contributed by atoms with E-state index in [1.807, 2.05) is 31.2 Å². The molecule has 0 aliphatic carbocycles. The van der Waals surface area contributed by atoms with Crippen molar-refractivity contribution in [3.8, 4) is 0 Å². The minimum absolute atomic E-state index is 0.118. The van der Waals surface area contributed by atoms with Gasteiger partial charge in [-0.1, -0.05) is 18.2 Å². The highest BCUT2D eigenvalue weighted by Gasteiger charge is 2.14. The number of nitrogens with one attached hydrogen (secondary N) is 3. The molecule has 1 amide bonds. The Bertz CT molecular complexity index is 502. The number of para-hydroxylation sites is 1. The number of benzene rings is 1. The van der Waals surface area contributed by atoms with Gasteiger partial charge in [0, 0.05) is 23.6 Å². The summed E-state index contributed by atoms with van der Waals surface area (Å²) >= 11 is 0. The smallest absolute Gasteiger partial charge is 0.267 e. The number of hydrogen-bond donors (Lipinski definition) is 3. The van der Waals surface area contributed by atoms with E-state index in [2.05, 4.69) is 15.8 Å². The predicted octanol–water partition coefficient (Wildman–Crippen LogP) is 1.34. The fourth-order valence-electron chi connectivity index (χ4n) is 1.75. The van der Waals surface area contributed by atoms with Gasteiger partial charge in [-0.2, -0.15) is 0 Å². The molecular formula is C11H13N3O. The number of H-pyrrole nitrogens is 1. The average molecular weight is 203 g/mol. The molecule has 78 valence electrons. The van der Waals surface area contributed by atoms with Crippen LogP contribution in [0.25, 0.3) is 10.9 Å². The summed E-state index contributed by atoms with van der Waals surface area (Å²) in [4.78, 5) is 14.9. The van der Waals surface area contributed by atoms with Crippen molar-refractivity contribution >= 4 is 16.8 Å². The molecule has 3 N–H and O–H groups in total. The fourth-order valence-corrected chi connectivity index (χ4v) is 1.75. The number of carbonyl (C=O) groups is 1. The normalized spacial score (nSPS) is 10.5. The third-order valence-electron chi connectivity index (χ3n) is 2.36. The van der Waals surface area contributed by atoms with Crippen molar-refractivity contribution in [3.05, 3.63) is 35.5 Å². The topological polar surface area (TPSA) is 56.9 Å². The van der Waals surface area contributed by atoms with Gasteiger partial charge in [0.15, 0.2) is 0 Å². The average Bonchev–Trinajstić information content (AvgIpc) is 2.54. The molecule has 2 rings (SSSR count). The third-order valence-corrected chi connectivity index (χ3v) is 2.36. The van der Waals surface area contributed by atoms with Crippen LogP contribution in [0.1, 0.15) is 16.1 Å². The summed E-state index contributed by atoms with van der Waals surface area (Å²) in [5, 5.41) is 0.947. The monoisotopic (exact) mass is 203 g/mol. The van der Waals surface area contributed by atoms with Crippen LogP contribution in [0, 0.1) is 6.92 Å². The third kappa shape index (κ3) is 1.59. The van der Waals surface area contributed by atoms with Crippen LogP contribution in [0.15, 0.2) is 24.3 Å². The maximum absolute atomic E-state index is 11.7. The summed E-state index contributed by atoms with van der Waals surface area (Å²) in [5.74, 6) is -0.118. The van der Waals surface area contributed by atoms with E-state index in [9.17, 15) is 4.79 Å². The van der Waals surface area contributed by atoms with E-state index < -0.39 is 0 Å². The molecule has 1 aromatic carbocycles. The van der Waals surface area contributed by atoms with Crippen LogP contribution in [0.4, 0.5) is 0 Å². The Morgan fingerprint density at radius 1 is 1.33 bits per heavy atom. The molecule has 0 spiro atoms. The molecule has 0 atom stereocenters. The van der Waals surface area contributed by atoms with Gasteiger partial charge in [-0.15, -0.1) is 0 Å². The second-order valence-corrected chi connectivity index (χ2v) is 3.37. The second kappa shape index (κ2) is 3.74. The molecule has 2 aromatic rings. The molecule has 0 fully saturated rings. The largest absolute Gasteiger partial charge is 0.358 e. The Kier molecular flexibility index (Phi) is 2.43. The fraction of sp³-hybridized carbons (Fsp3) is 0.182. The molecule has 1 aromatic heterocycles. The molecular weight excluding hydrogens is 190 g/mol. The van der Waals surface area contributed by atoms with Crippen molar-refractivity contribution < 1.29 is 4.79 Å². The lowest BCUT2D eigenvalue weighted by Crippen LogP contribution is -2.34. The van der Waals surface area contributed by atoms with Crippen LogP contribution in [-0.4, -0.2) is 17.9 Å². The van der Waals surface area contributed by atoms with E-state index in [0.717, 1.165) is 16.6 Å². The van der Waals surface area contributed by atoms with E-state index >= 15 is 0 Å². The van der Waals surface area contributed by atoms with Crippen LogP contribution < -0.4 is 10.9 Å². The SMILES string of the molecule is CNNC(=O)c1c(C)[nH]c2ccccc12. The van der Waals surface area contributed by atoms with Gasteiger partial charge in [-0.05, 0) is 13.0 Å². The van der Waals surface area contributed by atoms with E-state index in [1.165, 1.54) is 0 Å². The van der Waals surface area contributed by atoms with Crippen LogP contribution in [-0.2, 0) is 0 Å². The summed E-state index contributed by atoms with van der Waals surface area (Å²) in [6.07, 6.45) is 0. The molecule has 0 saturated heterocycles. The van der Waals surface area contributed by atoms with Crippen LogP contribution in [0.3, 0.4) is 0 Å². The first-order valence-electron chi connectivity index (χ1n) is 4.78. The van der Waals surface area contributed by atoms with Crippen molar-refractivity contribution in [1.82, 2.24) is 15.8 Å². The quantitative estimate of drug-likeness (QED) is 0.645. The number of hydrogen-bond acceptors (Lipinski definition) is 2. The molecule has 0 bridgehead atoms. The molecule has 0 saturated carbocycles. The first-order chi connectivity index (χ1) is 7.24.